The predicted molar refractivity (Wildman–Crippen MR) is 56.0 cm³/mol. The van der Waals surface area contributed by atoms with Gasteiger partial charge in [-0.15, -0.1) is 0 Å². The zero-order valence-electron chi connectivity index (χ0n) is 10.5. The Bertz CT molecular complexity index is 426. The van der Waals surface area contributed by atoms with Gasteiger partial charge in [-0.1, -0.05) is 0 Å². The number of rotatable bonds is 0. The number of carbonyl (C=O) groups is 3. The first-order valence-electron chi connectivity index (χ1n) is 5.82. The Labute approximate surface area is 111 Å². The van der Waals surface area contributed by atoms with E-state index in [1.165, 1.54) is 0 Å². The van der Waals surface area contributed by atoms with Crippen molar-refractivity contribution in [2.45, 2.75) is 37.5 Å². The molecule has 0 saturated carbocycles. The van der Waals surface area contributed by atoms with Crippen molar-refractivity contribution in [3.05, 3.63) is 0 Å². The monoisotopic (exact) mass is 297 g/mol. The van der Waals surface area contributed by atoms with E-state index in [-0.39, 0.29) is 11.9 Å². The van der Waals surface area contributed by atoms with E-state index in [0.717, 1.165) is 19.4 Å². The Balaban J connectivity index is 0.000000246. The normalized spacial score (nSPS) is 29.3. The summed E-state index contributed by atoms with van der Waals surface area (Å²) in [6, 6.07) is 0.0528. The first kappa shape index (κ1) is 16.2. The molecular formula is C10H14F3N3O4. The van der Waals surface area contributed by atoms with Gasteiger partial charge in [0.05, 0.1) is 12.6 Å². The number of nitrogens with two attached hydrogens (primary N) is 1. The van der Waals surface area contributed by atoms with Crippen LogP contribution in [0.25, 0.3) is 0 Å². The van der Waals surface area contributed by atoms with Crippen molar-refractivity contribution in [2.24, 2.45) is 0 Å². The zero-order chi connectivity index (χ0) is 15.6. The summed E-state index contributed by atoms with van der Waals surface area (Å²) in [4.78, 5) is 31.3. The van der Waals surface area contributed by atoms with Gasteiger partial charge in [0.2, 0.25) is 0 Å². The molecular weight excluding hydrogens is 283 g/mol. The van der Waals surface area contributed by atoms with E-state index in [4.69, 9.17) is 9.90 Å². The van der Waals surface area contributed by atoms with Gasteiger partial charge in [0, 0.05) is 12.8 Å². The second kappa shape index (κ2) is 5.65. The number of quaternary nitrogens is 1. The lowest BCUT2D eigenvalue weighted by molar-refractivity contribution is -0.696. The first-order chi connectivity index (χ1) is 9.07. The van der Waals surface area contributed by atoms with E-state index in [9.17, 15) is 22.8 Å². The van der Waals surface area contributed by atoms with Gasteiger partial charge in [-0.25, -0.2) is 4.79 Å². The van der Waals surface area contributed by atoms with Gasteiger partial charge in [0.25, 0.3) is 5.91 Å². The van der Waals surface area contributed by atoms with Gasteiger partial charge in [-0.3, -0.25) is 10.1 Å². The summed E-state index contributed by atoms with van der Waals surface area (Å²) in [5.41, 5.74) is -0.606. The van der Waals surface area contributed by atoms with Crippen molar-refractivity contribution < 1.29 is 38.0 Å². The van der Waals surface area contributed by atoms with Crippen LogP contribution in [-0.2, 0) is 9.59 Å². The fourth-order valence-electron chi connectivity index (χ4n) is 2.20. The number of carboxylic acids is 1. The van der Waals surface area contributed by atoms with E-state index in [0.29, 0.717) is 6.04 Å². The minimum atomic E-state index is -5.19. The lowest BCUT2D eigenvalue weighted by atomic mass is 9.85. The number of amides is 3. The Morgan fingerprint density at radius 2 is 2.00 bits per heavy atom. The number of piperidine rings is 1. The van der Waals surface area contributed by atoms with Gasteiger partial charge in [-0.2, -0.15) is 13.2 Å². The standard InChI is InChI=1S/C8H13N3O2.C2HF3O2/c1-5-4-8(2-3-9-5)6(12)10-7(13)11-8;3-2(4,5)1(6)7/h5,9H,2-4H2,1H3,(H2,10,11,12,13);(H,6,7). The van der Waals surface area contributed by atoms with Crippen LogP contribution >= 0.6 is 0 Å². The summed E-state index contributed by atoms with van der Waals surface area (Å²) in [6.45, 7) is 2.97. The van der Waals surface area contributed by atoms with Crippen LogP contribution in [0.4, 0.5) is 18.0 Å². The maximum Gasteiger partial charge on any atom is 0.430 e. The number of hydrogen-bond acceptors (Lipinski definition) is 4. The van der Waals surface area contributed by atoms with E-state index in [2.05, 4.69) is 22.9 Å². The molecule has 2 rings (SSSR count). The molecule has 10 heteroatoms. The minimum absolute atomic E-state index is 0.155. The van der Waals surface area contributed by atoms with Crippen molar-refractivity contribution in [3.63, 3.8) is 0 Å². The average molecular weight is 297 g/mol. The number of carbonyl (C=O) groups excluding carboxylic acids is 3. The third kappa shape index (κ3) is 3.83. The highest BCUT2D eigenvalue weighted by atomic mass is 19.4. The van der Waals surface area contributed by atoms with Crippen molar-refractivity contribution in [1.29, 1.82) is 0 Å². The molecule has 3 amide bonds. The maximum atomic E-state index is 11.5. The summed E-state index contributed by atoms with van der Waals surface area (Å²) >= 11 is 0. The molecule has 2 aliphatic heterocycles. The molecule has 0 aliphatic carbocycles. The summed E-state index contributed by atoms with van der Waals surface area (Å²) in [6.07, 6.45) is -3.74. The van der Waals surface area contributed by atoms with Crippen molar-refractivity contribution >= 4 is 17.9 Å². The van der Waals surface area contributed by atoms with Crippen LogP contribution in [0.15, 0.2) is 0 Å². The Morgan fingerprint density at radius 1 is 1.45 bits per heavy atom. The number of urea groups is 1. The van der Waals surface area contributed by atoms with Crippen LogP contribution in [0.5, 0.6) is 0 Å². The summed E-state index contributed by atoms with van der Waals surface area (Å²) in [5, 5.41) is 16.0. The Morgan fingerprint density at radius 3 is 2.35 bits per heavy atom. The molecule has 0 aromatic heterocycles. The maximum absolute atomic E-state index is 11.5. The first-order valence-corrected chi connectivity index (χ1v) is 5.82. The number of hydrogen-bond donors (Lipinski definition) is 3. The SMILES string of the molecule is CC1CC2(CC[NH2+]1)NC(=O)NC2=O.O=C([O-])C(F)(F)F. The largest absolute Gasteiger partial charge is 0.542 e. The van der Waals surface area contributed by atoms with Crippen LogP contribution in [-0.4, -0.2) is 42.2 Å². The summed E-state index contributed by atoms with van der Waals surface area (Å²) < 4.78 is 31.5. The minimum Gasteiger partial charge on any atom is -0.542 e. The fourth-order valence-corrected chi connectivity index (χ4v) is 2.20. The van der Waals surface area contributed by atoms with E-state index < -0.39 is 17.7 Å². The van der Waals surface area contributed by atoms with Gasteiger partial charge in [0.15, 0.2) is 0 Å². The van der Waals surface area contributed by atoms with Crippen molar-refractivity contribution in [1.82, 2.24) is 10.6 Å². The average Bonchev–Trinajstić information content (AvgIpc) is 2.52. The topological polar surface area (TPSA) is 115 Å². The van der Waals surface area contributed by atoms with Gasteiger partial charge < -0.3 is 20.5 Å². The molecule has 0 aromatic rings. The fraction of sp³-hybridized carbons (Fsp3) is 0.700. The third-order valence-electron chi connectivity index (χ3n) is 3.06. The second-order valence-corrected chi connectivity index (χ2v) is 4.73. The van der Waals surface area contributed by atoms with Crippen LogP contribution in [0.1, 0.15) is 19.8 Å². The summed E-state index contributed by atoms with van der Waals surface area (Å²) in [7, 11) is 0. The predicted octanol–water partition coefficient (Wildman–Crippen LogP) is -2.39. The van der Waals surface area contributed by atoms with Gasteiger partial charge in [-0.05, 0) is 6.92 Å². The smallest absolute Gasteiger partial charge is 0.430 e. The quantitative estimate of drug-likeness (QED) is 0.433. The van der Waals surface area contributed by atoms with Crippen LogP contribution in [0.2, 0.25) is 0 Å². The highest BCUT2D eigenvalue weighted by molar-refractivity contribution is 6.07. The second-order valence-electron chi connectivity index (χ2n) is 4.73. The molecule has 4 N–H and O–H groups in total. The number of carboxylic acid groups (broad SMARTS) is 1. The van der Waals surface area contributed by atoms with Crippen molar-refractivity contribution in [3.8, 4) is 0 Å². The Kier molecular flexibility index (Phi) is 4.58. The van der Waals surface area contributed by atoms with E-state index in [1.807, 2.05) is 0 Å². The molecule has 7 nitrogen and oxygen atoms in total. The number of imide groups is 1. The van der Waals surface area contributed by atoms with Crippen LogP contribution in [0, 0.1) is 0 Å². The lowest BCUT2D eigenvalue weighted by Crippen LogP contribution is -2.93. The zero-order valence-corrected chi connectivity index (χ0v) is 10.5. The molecule has 2 atom stereocenters. The molecule has 2 saturated heterocycles. The van der Waals surface area contributed by atoms with Crippen LogP contribution < -0.4 is 21.1 Å². The molecule has 0 aromatic carbocycles. The molecule has 2 heterocycles. The molecule has 2 aliphatic rings. The van der Waals surface area contributed by atoms with Crippen LogP contribution in [0.3, 0.4) is 0 Å². The number of alkyl halides is 3. The highest BCUT2D eigenvalue weighted by Gasteiger charge is 2.49. The van der Waals surface area contributed by atoms with Gasteiger partial charge >= 0.3 is 12.2 Å². The van der Waals surface area contributed by atoms with Gasteiger partial charge in [0.1, 0.15) is 11.5 Å². The molecule has 2 unspecified atom stereocenters. The third-order valence-corrected chi connectivity index (χ3v) is 3.06. The Hall–Kier alpha value is -1.84. The molecule has 1 spiro atoms. The number of nitrogens with one attached hydrogen (secondary N) is 2. The molecule has 0 bridgehead atoms. The van der Waals surface area contributed by atoms with E-state index in [1.54, 1.807) is 0 Å². The number of aliphatic carboxylic acids is 1. The molecule has 2 fully saturated rings. The summed E-state index contributed by atoms with van der Waals surface area (Å²) in [5.74, 6) is -3.16. The van der Waals surface area contributed by atoms with Crippen molar-refractivity contribution in [2.75, 3.05) is 6.54 Å². The van der Waals surface area contributed by atoms with E-state index >= 15 is 0 Å². The lowest BCUT2D eigenvalue weighted by Gasteiger charge is -2.32. The highest BCUT2D eigenvalue weighted by Crippen LogP contribution is 2.22. The molecule has 0 radical (unpaired) electrons. The molecule has 114 valence electrons. The molecule has 20 heavy (non-hydrogen) atoms. The number of halogens is 3.